The van der Waals surface area contributed by atoms with Crippen molar-refractivity contribution in [2.45, 2.75) is 82.8 Å². The highest BCUT2D eigenvalue weighted by Gasteiger charge is 2.30. The summed E-state index contributed by atoms with van der Waals surface area (Å²) in [5, 5.41) is 1.25. The first-order valence-corrected chi connectivity index (χ1v) is 12.5. The second kappa shape index (κ2) is 8.87. The largest absolute Gasteiger partial charge is 0.0925 e. The van der Waals surface area contributed by atoms with E-state index in [2.05, 4.69) is 22.9 Å². The maximum Gasteiger partial charge on any atom is 0.0368 e. The van der Waals surface area contributed by atoms with Gasteiger partial charge >= 0.3 is 0 Å². The van der Waals surface area contributed by atoms with E-state index in [1.807, 2.05) is 0 Å². The second-order valence-electron chi connectivity index (χ2n) is 7.21. The summed E-state index contributed by atoms with van der Waals surface area (Å²) in [7, 11) is -0.276. The average Bonchev–Trinajstić information content (AvgIpc) is 2.48. The van der Waals surface area contributed by atoms with Gasteiger partial charge < -0.3 is 0 Å². The Morgan fingerprint density at radius 2 is 1.53 bits per heavy atom. The van der Waals surface area contributed by atoms with Crippen molar-refractivity contribution in [3.8, 4) is 0 Å². The molecule has 0 atom stereocenters. The van der Waals surface area contributed by atoms with E-state index in [-0.39, 0.29) is 8.80 Å². The molecule has 1 saturated heterocycles. The van der Waals surface area contributed by atoms with Gasteiger partial charge in [0.15, 0.2) is 0 Å². The quantitative estimate of drug-likeness (QED) is 0.314. The Morgan fingerprint density at radius 3 is 2.11 bits per heavy atom. The van der Waals surface area contributed by atoms with Crippen LogP contribution in [0.4, 0.5) is 0 Å². The zero-order chi connectivity index (χ0) is 13.5. The van der Waals surface area contributed by atoms with E-state index in [0.29, 0.717) is 0 Å². The molecule has 2 aliphatic rings. The molecular formula is C17H33BrSi. The summed E-state index contributed by atoms with van der Waals surface area (Å²) >= 11 is 3.67. The molecule has 19 heavy (non-hydrogen) atoms. The van der Waals surface area contributed by atoms with E-state index >= 15 is 0 Å². The zero-order valence-corrected chi connectivity index (χ0v) is 15.6. The summed E-state index contributed by atoms with van der Waals surface area (Å²) in [4.78, 5) is 0. The van der Waals surface area contributed by atoms with E-state index in [9.17, 15) is 0 Å². The predicted octanol–water partition coefficient (Wildman–Crippen LogP) is 6.02. The standard InChI is InChI=1S/C17H33BrSi/c1-2-3-4-11-19-12-9-17(10-13-19)16-7-5-15(14-18)6-8-16/h15-17,19H,2-14H2,1H3. The van der Waals surface area contributed by atoms with Crippen molar-refractivity contribution in [3.05, 3.63) is 0 Å². The summed E-state index contributed by atoms with van der Waals surface area (Å²) < 4.78 is 0. The molecule has 0 aromatic heterocycles. The topological polar surface area (TPSA) is 0 Å². The molecular weight excluding hydrogens is 312 g/mol. The van der Waals surface area contributed by atoms with E-state index in [1.165, 1.54) is 31.0 Å². The van der Waals surface area contributed by atoms with Crippen LogP contribution in [0, 0.1) is 17.8 Å². The van der Waals surface area contributed by atoms with Crippen molar-refractivity contribution in [2.24, 2.45) is 17.8 Å². The first-order chi connectivity index (χ1) is 9.33. The number of alkyl halides is 1. The smallest absolute Gasteiger partial charge is 0.0368 e. The molecule has 112 valence electrons. The van der Waals surface area contributed by atoms with Gasteiger partial charge in [0.25, 0.3) is 0 Å². The summed E-state index contributed by atoms with van der Waals surface area (Å²) in [6.07, 6.45) is 13.8. The maximum atomic E-state index is 3.67. The van der Waals surface area contributed by atoms with E-state index in [4.69, 9.17) is 0 Å². The van der Waals surface area contributed by atoms with Gasteiger partial charge in [-0.2, -0.15) is 0 Å². The third-order valence-corrected chi connectivity index (χ3v) is 10.3. The second-order valence-corrected chi connectivity index (χ2v) is 11.3. The Kier molecular flexibility index (Phi) is 7.50. The highest BCUT2D eigenvalue weighted by atomic mass is 79.9. The number of hydrogen-bond donors (Lipinski definition) is 0. The molecule has 2 heteroatoms. The normalized spacial score (nSPS) is 36.3. The van der Waals surface area contributed by atoms with Gasteiger partial charge in [0.05, 0.1) is 0 Å². The average molecular weight is 345 g/mol. The maximum absolute atomic E-state index is 3.67. The summed E-state index contributed by atoms with van der Waals surface area (Å²) in [5.74, 6) is 3.24. The lowest BCUT2D eigenvalue weighted by atomic mass is 9.74. The highest BCUT2D eigenvalue weighted by molar-refractivity contribution is 9.09. The fourth-order valence-electron chi connectivity index (χ4n) is 4.45. The minimum atomic E-state index is -0.276. The van der Waals surface area contributed by atoms with Crippen LogP contribution in [0.5, 0.6) is 0 Å². The lowest BCUT2D eigenvalue weighted by molar-refractivity contribution is 0.201. The van der Waals surface area contributed by atoms with Crippen LogP contribution < -0.4 is 0 Å². The summed E-state index contributed by atoms with van der Waals surface area (Å²) in [6, 6.07) is 5.04. The predicted molar refractivity (Wildman–Crippen MR) is 93.1 cm³/mol. The van der Waals surface area contributed by atoms with Crippen molar-refractivity contribution in [2.75, 3.05) is 5.33 Å². The molecule has 0 radical (unpaired) electrons. The Labute approximate surface area is 130 Å². The molecule has 2 fully saturated rings. The summed E-state index contributed by atoms with van der Waals surface area (Å²) in [5.41, 5.74) is 0. The van der Waals surface area contributed by atoms with Gasteiger partial charge in [-0.05, 0) is 43.4 Å². The number of unbranched alkanes of at least 4 members (excludes halogenated alkanes) is 2. The fraction of sp³-hybridized carbons (Fsp3) is 1.00. The molecule has 1 heterocycles. The molecule has 1 aliphatic carbocycles. The van der Waals surface area contributed by atoms with Crippen LogP contribution in [0.2, 0.25) is 18.1 Å². The minimum absolute atomic E-state index is 0.276. The van der Waals surface area contributed by atoms with Gasteiger partial charge in [-0.15, -0.1) is 0 Å². The van der Waals surface area contributed by atoms with Gasteiger partial charge in [0.2, 0.25) is 0 Å². The number of rotatable bonds is 6. The van der Waals surface area contributed by atoms with Gasteiger partial charge in [-0.25, -0.2) is 0 Å². The van der Waals surface area contributed by atoms with Gasteiger partial charge in [-0.3, -0.25) is 0 Å². The Morgan fingerprint density at radius 1 is 0.895 bits per heavy atom. The van der Waals surface area contributed by atoms with E-state index in [0.717, 1.165) is 17.8 Å². The molecule has 0 nitrogen and oxygen atoms in total. The van der Waals surface area contributed by atoms with E-state index < -0.39 is 0 Å². The first kappa shape index (κ1) is 16.1. The molecule has 0 spiro atoms. The SMILES string of the molecule is CCCCC[SiH]1CCC(C2CCC(CBr)CC2)CC1. The van der Waals surface area contributed by atoms with Crippen LogP contribution in [-0.4, -0.2) is 14.1 Å². The van der Waals surface area contributed by atoms with Gasteiger partial charge in [0, 0.05) is 14.1 Å². The van der Waals surface area contributed by atoms with Gasteiger partial charge in [0.1, 0.15) is 0 Å². The third kappa shape index (κ3) is 5.19. The molecule has 0 aromatic carbocycles. The van der Waals surface area contributed by atoms with Crippen LogP contribution in [0.1, 0.15) is 64.7 Å². The van der Waals surface area contributed by atoms with Crippen LogP contribution >= 0.6 is 15.9 Å². The molecule has 0 N–H and O–H groups in total. The fourth-order valence-corrected chi connectivity index (χ4v) is 8.62. The lowest BCUT2D eigenvalue weighted by Gasteiger charge is -2.37. The molecule has 2 rings (SSSR count). The summed E-state index contributed by atoms with van der Waals surface area (Å²) in [6.45, 7) is 2.34. The molecule has 0 unspecified atom stereocenters. The van der Waals surface area contributed by atoms with Crippen molar-refractivity contribution in [1.29, 1.82) is 0 Å². The monoisotopic (exact) mass is 344 g/mol. The zero-order valence-electron chi connectivity index (χ0n) is 12.9. The first-order valence-electron chi connectivity index (χ1n) is 8.89. The van der Waals surface area contributed by atoms with Crippen LogP contribution in [-0.2, 0) is 0 Å². The molecule has 0 aromatic rings. The molecule has 1 aliphatic heterocycles. The van der Waals surface area contributed by atoms with Crippen LogP contribution in [0.15, 0.2) is 0 Å². The Hall–Kier alpha value is 0.697. The molecule has 1 saturated carbocycles. The van der Waals surface area contributed by atoms with Crippen molar-refractivity contribution >= 4 is 24.7 Å². The van der Waals surface area contributed by atoms with Crippen LogP contribution in [0.3, 0.4) is 0 Å². The Bertz CT molecular complexity index is 227. The lowest BCUT2D eigenvalue weighted by Crippen LogP contribution is -2.28. The van der Waals surface area contributed by atoms with Gasteiger partial charge in [-0.1, -0.05) is 73.1 Å². The Balaban J connectivity index is 1.63. The number of halogens is 1. The van der Waals surface area contributed by atoms with E-state index in [1.54, 1.807) is 50.2 Å². The number of hydrogen-bond acceptors (Lipinski definition) is 0. The highest BCUT2D eigenvalue weighted by Crippen LogP contribution is 2.41. The third-order valence-electron chi connectivity index (χ3n) is 5.88. The van der Waals surface area contributed by atoms with Crippen molar-refractivity contribution in [1.82, 2.24) is 0 Å². The van der Waals surface area contributed by atoms with Crippen LogP contribution in [0.25, 0.3) is 0 Å². The minimum Gasteiger partial charge on any atom is -0.0925 e. The molecule has 0 amide bonds. The van der Waals surface area contributed by atoms with Crippen molar-refractivity contribution < 1.29 is 0 Å². The molecule has 0 bridgehead atoms. The van der Waals surface area contributed by atoms with Crippen molar-refractivity contribution in [3.63, 3.8) is 0 Å².